The molecule has 0 aliphatic heterocycles. The van der Waals surface area contributed by atoms with E-state index in [4.69, 9.17) is 22.7 Å². The summed E-state index contributed by atoms with van der Waals surface area (Å²) in [4.78, 5) is 4.81. The summed E-state index contributed by atoms with van der Waals surface area (Å²) in [5.74, 6) is 1.15. The fourth-order valence-corrected chi connectivity index (χ4v) is 2.29. The van der Waals surface area contributed by atoms with E-state index in [1.165, 1.54) is 0 Å². The van der Waals surface area contributed by atoms with Crippen LogP contribution in [0, 0.1) is 6.92 Å². The number of rotatable bonds is 3. The first-order valence-corrected chi connectivity index (χ1v) is 6.98. The molecule has 2 aromatic carbocycles. The fourth-order valence-electron chi connectivity index (χ4n) is 2.14. The molecular formula is C17H14N2OS. The van der Waals surface area contributed by atoms with Crippen LogP contribution in [0.1, 0.15) is 11.1 Å². The lowest BCUT2D eigenvalue weighted by Gasteiger charge is -2.11. The van der Waals surface area contributed by atoms with Crippen molar-refractivity contribution in [2.24, 2.45) is 5.73 Å². The van der Waals surface area contributed by atoms with Crippen molar-refractivity contribution in [3.63, 3.8) is 0 Å². The standard InChI is InChI=1S/C17H14N2OS/c1-11-5-4-7-13(9-11)20-17-14(16(18)21)10-12-6-2-3-8-15(12)19-17/h2-10H,1H3,(H2,18,21). The number of benzene rings is 2. The van der Waals surface area contributed by atoms with Crippen molar-refractivity contribution < 1.29 is 4.74 Å². The van der Waals surface area contributed by atoms with Crippen LogP contribution < -0.4 is 10.5 Å². The number of nitrogens with two attached hydrogens (primary N) is 1. The summed E-state index contributed by atoms with van der Waals surface area (Å²) in [5, 5.41) is 0.983. The van der Waals surface area contributed by atoms with Crippen LogP contribution in [-0.4, -0.2) is 9.97 Å². The zero-order chi connectivity index (χ0) is 14.8. The van der Waals surface area contributed by atoms with Gasteiger partial charge in [-0.1, -0.05) is 42.5 Å². The molecule has 0 radical (unpaired) electrons. The van der Waals surface area contributed by atoms with E-state index in [0.29, 0.717) is 11.4 Å². The van der Waals surface area contributed by atoms with Crippen molar-refractivity contribution in [2.45, 2.75) is 6.92 Å². The average Bonchev–Trinajstić information content (AvgIpc) is 2.46. The molecule has 0 saturated heterocycles. The Morgan fingerprint density at radius 3 is 2.67 bits per heavy atom. The van der Waals surface area contributed by atoms with Crippen LogP contribution in [0.2, 0.25) is 0 Å². The highest BCUT2D eigenvalue weighted by Crippen LogP contribution is 2.27. The summed E-state index contributed by atoms with van der Waals surface area (Å²) in [6.45, 7) is 2.01. The van der Waals surface area contributed by atoms with Gasteiger partial charge in [-0.2, -0.15) is 0 Å². The van der Waals surface area contributed by atoms with Crippen molar-refractivity contribution in [1.82, 2.24) is 4.98 Å². The molecule has 0 saturated carbocycles. The van der Waals surface area contributed by atoms with Crippen LogP contribution >= 0.6 is 12.2 Å². The number of pyridine rings is 1. The first kappa shape index (κ1) is 13.5. The Morgan fingerprint density at radius 1 is 1.10 bits per heavy atom. The second-order valence-electron chi connectivity index (χ2n) is 4.82. The van der Waals surface area contributed by atoms with Crippen LogP contribution in [0.4, 0.5) is 0 Å². The molecule has 0 spiro atoms. The van der Waals surface area contributed by atoms with Gasteiger partial charge in [0.15, 0.2) is 0 Å². The third-order valence-corrected chi connectivity index (χ3v) is 3.38. The lowest BCUT2D eigenvalue weighted by molar-refractivity contribution is 0.464. The van der Waals surface area contributed by atoms with Crippen LogP contribution in [0.5, 0.6) is 11.6 Å². The van der Waals surface area contributed by atoms with Crippen molar-refractivity contribution in [2.75, 3.05) is 0 Å². The molecule has 0 atom stereocenters. The Bertz CT molecular complexity index is 830. The van der Waals surface area contributed by atoms with E-state index >= 15 is 0 Å². The van der Waals surface area contributed by atoms with E-state index in [-0.39, 0.29) is 4.99 Å². The van der Waals surface area contributed by atoms with Gasteiger partial charge in [0, 0.05) is 5.39 Å². The molecule has 3 aromatic rings. The maximum absolute atomic E-state index is 5.88. The van der Waals surface area contributed by atoms with E-state index in [2.05, 4.69) is 4.98 Å². The minimum atomic E-state index is 0.274. The summed E-state index contributed by atoms with van der Waals surface area (Å²) in [6.07, 6.45) is 0. The molecular weight excluding hydrogens is 280 g/mol. The Hall–Kier alpha value is -2.46. The molecule has 1 heterocycles. The van der Waals surface area contributed by atoms with E-state index in [1.807, 2.05) is 61.5 Å². The van der Waals surface area contributed by atoms with Gasteiger partial charge >= 0.3 is 0 Å². The molecule has 0 unspecified atom stereocenters. The van der Waals surface area contributed by atoms with Gasteiger partial charge in [0.2, 0.25) is 5.88 Å². The zero-order valence-corrected chi connectivity index (χ0v) is 12.4. The molecule has 21 heavy (non-hydrogen) atoms. The lowest BCUT2D eigenvalue weighted by atomic mass is 10.1. The Labute approximate surface area is 128 Å². The number of ether oxygens (including phenoxy) is 1. The monoisotopic (exact) mass is 294 g/mol. The number of para-hydroxylation sites is 1. The van der Waals surface area contributed by atoms with Gasteiger partial charge in [-0.15, -0.1) is 0 Å². The van der Waals surface area contributed by atoms with E-state index in [9.17, 15) is 0 Å². The highest BCUT2D eigenvalue weighted by atomic mass is 32.1. The summed E-state index contributed by atoms with van der Waals surface area (Å²) >= 11 is 5.11. The molecule has 3 nitrogen and oxygen atoms in total. The summed E-state index contributed by atoms with van der Waals surface area (Å²) in [5.41, 5.74) is 8.41. The fraction of sp³-hybridized carbons (Fsp3) is 0.0588. The summed E-state index contributed by atoms with van der Waals surface area (Å²) in [6, 6.07) is 17.5. The average molecular weight is 294 g/mol. The number of aryl methyl sites for hydroxylation is 1. The highest BCUT2D eigenvalue weighted by Gasteiger charge is 2.11. The second-order valence-corrected chi connectivity index (χ2v) is 5.26. The molecule has 0 fully saturated rings. The predicted octanol–water partition coefficient (Wildman–Crippen LogP) is 3.97. The Kier molecular flexibility index (Phi) is 3.54. The van der Waals surface area contributed by atoms with Crippen molar-refractivity contribution in [3.8, 4) is 11.6 Å². The molecule has 0 aliphatic rings. The SMILES string of the molecule is Cc1cccc(Oc2nc3ccccc3cc2C(N)=S)c1. The number of nitrogens with zero attached hydrogens (tertiary/aromatic N) is 1. The summed E-state index contributed by atoms with van der Waals surface area (Å²) in [7, 11) is 0. The molecule has 1 aromatic heterocycles. The zero-order valence-electron chi connectivity index (χ0n) is 11.5. The number of hydrogen-bond acceptors (Lipinski definition) is 3. The van der Waals surface area contributed by atoms with Crippen LogP contribution in [-0.2, 0) is 0 Å². The molecule has 2 N–H and O–H groups in total. The normalized spacial score (nSPS) is 10.5. The maximum Gasteiger partial charge on any atom is 0.230 e. The Morgan fingerprint density at radius 2 is 1.90 bits per heavy atom. The topological polar surface area (TPSA) is 48.1 Å². The van der Waals surface area contributed by atoms with E-state index in [0.717, 1.165) is 22.2 Å². The molecule has 4 heteroatoms. The van der Waals surface area contributed by atoms with Gasteiger partial charge in [-0.25, -0.2) is 4.98 Å². The molecule has 0 amide bonds. The smallest absolute Gasteiger partial charge is 0.230 e. The second kappa shape index (κ2) is 5.50. The number of thiocarbonyl (C=S) groups is 1. The predicted molar refractivity (Wildman–Crippen MR) is 88.9 cm³/mol. The largest absolute Gasteiger partial charge is 0.438 e. The van der Waals surface area contributed by atoms with Crippen LogP contribution in [0.15, 0.2) is 54.6 Å². The first-order valence-electron chi connectivity index (χ1n) is 6.57. The third-order valence-electron chi connectivity index (χ3n) is 3.16. The minimum absolute atomic E-state index is 0.274. The number of hydrogen-bond donors (Lipinski definition) is 1. The van der Waals surface area contributed by atoms with Crippen molar-refractivity contribution >= 4 is 28.1 Å². The maximum atomic E-state index is 5.88. The van der Waals surface area contributed by atoms with E-state index < -0.39 is 0 Å². The van der Waals surface area contributed by atoms with Gasteiger partial charge in [0.25, 0.3) is 0 Å². The van der Waals surface area contributed by atoms with Gasteiger partial charge in [-0.3, -0.25) is 0 Å². The van der Waals surface area contributed by atoms with Crippen LogP contribution in [0.3, 0.4) is 0 Å². The molecule has 104 valence electrons. The quantitative estimate of drug-likeness (QED) is 0.743. The number of fused-ring (bicyclic) bond motifs is 1. The number of aromatic nitrogens is 1. The van der Waals surface area contributed by atoms with Gasteiger partial charge in [-0.05, 0) is 36.8 Å². The van der Waals surface area contributed by atoms with Crippen molar-refractivity contribution in [1.29, 1.82) is 0 Å². The highest BCUT2D eigenvalue weighted by molar-refractivity contribution is 7.80. The molecule has 0 aliphatic carbocycles. The molecule has 3 rings (SSSR count). The van der Waals surface area contributed by atoms with Gasteiger partial charge in [0.05, 0.1) is 11.1 Å². The Balaban J connectivity index is 2.11. The van der Waals surface area contributed by atoms with Gasteiger partial charge < -0.3 is 10.5 Å². The van der Waals surface area contributed by atoms with Gasteiger partial charge in [0.1, 0.15) is 10.7 Å². The first-order chi connectivity index (χ1) is 10.1. The third kappa shape index (κ3) is 2.85. The molecule has 0 bridgehead atoms. The van der Waals surface area contributed by atoms with Crippen LogP contribution in [0.25, 0.3) is 10.9 Å². The lowest BCUT2D eigenvalue weighted by Crippen LogP contribution is -2.11. The minimum Gasteiger partial charge on any atom is -0.438 e. The van der Waals surface area contributed by atoms with E-state index in [1.54, 1.807) is 0 Å². The summed E-state index contributed by atoms with van der Waals surface area (Å²) < 4.78 is 5.88. The van der Waals surface area contributed by atoms with Crippen molar-refractivity contribution in [3.05, 3.63) is 65.7 Å².